The van der Waals surface area contributed by atoms with Gasteiger partial charge < -0.3 is 14.2 Å². The molecule has 2 atom stereocenters. The number of ether oxygens (including phenoxy) is 3. The highest BCUT2D eigenvalue weighted by atomic mass is 32.1. The number of hydrogen-bond donors (Lipinski definition) is 1. The Morgan fingerprint density at radius 3 is 2.61 bits per heavy atom. The fourth-order valence-electron chi connectivity index (χ4n) is 4.99. The summed E-state index contributed by atoms with van der Waals surface area (Å²) in [6, 6.07) is 6.43. The number of benzene rings is 2. The van der Waals surface area contributed by atoms with E-state index in [1.165, 1.54) is 42.1 Å². The van der Waals surface area contributed by atoms with Crippen LogP contribution in [0.2, 0.25) is 0 Å². The van der Waals surface area contributed by atoms with E-state index in [-0.39, 0.29) is 17.9 Å². The predicted octanol–water partition coefficient (Wildman–Crippen LogP) is 7.04. The van der Waals surface area contributed by atoms with E-state index in [2.05, 4.69) is 30.2 Å². The van der Waals surface area contributed by atoms with Gasteiger partial charge in [-0.2, -0.15) is 0 Å². The van der Waals surface area contributed by atoms with Crippen molar-refractivity contribution in [2.24, 2.45) is 0 Å². The lowest BCUT2D eigenvalue weighted by Gasteiger charge is -2.35. The quantitative estimate of drug-likeness (QED) is 0.203. The van der Waals surface area contributed by atoms with Gasteiger partial charge in [0.15, 0.2) is 11.6 Å². The van der Waals surface area contributed by atoms with Crippen LogP contribution in [0.4, 0.5) is 23.7 Å². The third kappa shape index (κ3) is 6.34. The molecule has 6 rings (SSSR count). The Bertz CT molecular complexity index is 1850. The van der Waals surface area contributed by atoms with Crippen molar-refractivity contribution < 1.29 is 32.2 Å². The van der Waals surface area contributed by atoms with Gasteiger partial charge in [0.2, 0.25) is 5.88 Å². The predicted molar refractivity (Wildman–Crippen MR) is 158 cm³/mol. The highest BCUT2D eigenvalue weighted by Crippen LogP contribution is 2.40. The lowest BCUT2D eigenvalue weighted by atomic mass is 9.91. The van der Waals surface area contributed by atoms with E-state index in [4.69, 9.17) is 14.2 Å². The molecular formula is C30H27F3N6O4S. The van der Waals surface area contributed by atoms with Crippen molar-refractivity contribution >= 4 is 44.4 Å². The zero-order chi connectivity index (χ0) is 31.0. The molecule has 0 saturated heterocycles. The van der Waals surface area contributed by atoms with Gasteiger partial charge in [-0.1, -0.05) is 0 Å². The summed E-state index contributed by atoms with van der Waals surface area (Å²) >= 11 is 1.27. The molecule has 0 aliphatic heterocycles. The van der Waals surface area contributed by atoms with E-state index >= 15 is 4.39 Å². The highest BCUT2D eigenvalue weighted by molar-refractivity contribution is 7.21. The van der Waals surface area contributed by atoms with Crippen LogP contribution in [0.25, 0.3) is 31.8 Å². The summed E-state index contributed by atoms with van der Waals surface area (Å²) in [5, 5.41) is 3.05. The first-order valence-electron chi connectivity index (χ1n) is 13.9. The number of aryl methyl sites for hydroxylation is 2. The highest BCUT2D eigenvalue weighted by Gasteiger charge is 2.45. The number of halogens is 3. The maximum atomic E-state index is 15.3. The van der Waals surface area contributed by atoms with Crippen molar-refractivity contribution in [3.05, 3.63) is 60.1 Å². The van der Waals surface area contributed by atoms with Gasteiger partial charge in [-0.05, 0) is 44.9 Å². The zero-order valence-corrected chi connectivity index (χ0v) is 24.8. The van der Waals surface area contributed by atoms with E-state index in [1.807, 2.05) is 26.0 Å². The number of anilines is 1. The van der Waals surface area contributed by atoms with E-state index in [0.717, 1.165) is 5.56 Å². The normalized spacial score (nSPS) is 17.9. The maximum absolute atomic E-state index is 15.3. The van der Waals surface area contributed by atoms with Crippen LogP contribution in [-0.2, 0) is 4.74 Å². The molecule has 3 heterocycles. The number of thiazole rings is 1. The summed E-state index contributed by atoms with van der Waals surface area (Å²) in [4.78, 5) is 34.2. The monoisotopic (exact) mass is 624 g/mol. The van der Waals surface area contributed by atoms with E-state index in [1.54, 1.807) is 6.92 Å². The number of nitrogens with zero attached hydrogens (tertiary/aromatic N) is 5. The molecule has 1 N–H and O–H groups in total. The van der Waals surface area contributed by atoms with E-state index in [0.29, 0.717) is 50.1 Å². The molecule has 1 fully saturated rings. The van der Waals surface area contributed by atoms with Gasteiger partial charge in [0.25, 0.3) is 5.92 Å². The Balaban J connectivity index is 1.26. The minimum atomic E-state index is -3.07. The molecule has 14 heteroatoms. The average Bonchev–Trinajstić information content (AvgIpc) is 3.38. The number of nitrogens with one attached hydrogen (secondary N) is 1. The van der Waals surface area contributed by atoms with Crippen molar-refractivity contribution in [3.63, 3.8) is 0 Å². The molecular weight excluding hydrogens is 597 g/mol. The molecule has 228 valence electrons. The number of carbonyl (C=O) groups is 1. The third-order valence-corrected chi connectivity index (χ3v) is 8.06. The van der Waals surface area contributed by atoms with Gasteiger partial charge in [0.05, 0.1) is 58.6 Å². The van der Waals surface area contributed by atoms with Crippen molar-refractivity contribution in [2.45, 2.75) is 58.2 Å². The molecule has 0 radical (unpaired) electrons. The van der Waals surface area contributed by atoms with Crippen molar-refractivity contribution in [1.82, 2.24) is 24.9 Å². The van der Waals surface area contributed by atoms with Crippen LogP contribution in [0.15, 0.2) is 42.9 Å². The molecule has 0 bridgehead atoms. The Hall–Kier alpha value is -4.59. The van der Waals surface area contributed by atoms with Crippen molar-refractivity contribution in [3.8, 4) is 22.2 Å². The second-order valence-corrected chi connectivity index (χ2v) is 11.5. The average molecular weight is 625 g/mol. The van der Waals surface area contributed by atoms with Gasteiger partial charge in [-0.15, -0.1) is 11.3 Å². The molecule has 3 aromatic heterocycles. The number of rotatable bonds is 7. The number of amides is 1. The number of alkyl halides is 2. The second kappa shape index (κ2) is 11.8. The summed E-state index contributed by atoms with van der Waals surface area (Å²) in [6.45, 7) is 5.92. The summed E-state index contributed by atoms with van der Waals surface area (Å²) < 4.78 is 61.5. The van der Waals surface area contributed by atoms with Crippen molar-refractivity contribution in [1.29, 1.82) is 0 Å². The van der Waals surface area contributed by atoms with Crippen LogP contribution in [-0.4, -0.2) is 55.8 Å². The van der Waals surface area contributed by atoms with Crippen LogP contribution >= 0.6 is 11.3 Å². The molecule has 1 saturated carbocycles. The summed E-state index contributed by atoms with van der Waals surface area (Å²) in [5.74, 6) is -3.18. The number of aromatic nitrogens is 5. The first-order chi connectivity index (χ1) is 21.1. The Morgan fingerprint density at radius 1 is 1.05 bits per heavy atom. The first kappa shape index (κ1) is 29.5. The Kier molecular flexibility index (Phi) is 7.93. The largest absolute Gasteiger partial charge is 0.483 e. The smallest absolute Gasteiger partial charge is 0.412 e. The van der Waals surface area contributed by atoms with Gasteiger partial charge in [-0.25, -0.2) is 42.9 Å². The Labute approximate surface area is 253 Å². The summed E-state index contributed by atoms with van der Waals surface area (Å²) in [6.07, 6.45) is -0.325. The van der Waals surface area contributed by atoms with E-state index < -0.39 is 42.9 Å². The number of fused-ring (bicyclic) bond motifs is 2. The van der Waals surface area contributed by atoms with Crippen LogP contribution < -0.4 is 14.8 Å². The molecule has 44 heavy (non-hydrogen) atoms. The minimum absolute atomic E-state index is 0.170. The standard InChI is InChI=1S/C30H27F3N6O4S/c1-4-41-26-14-36-27-18(7-15(2)8-21(27)38-26)28-39-20-9-19(31)23(10-25(20)44-28)42-24-11-30(32,33)6-5-22(24)43-29(40)37-17-12-34-16(3)35-13-17/h7-10,12-14,22,24H,4-6,11H2,1-3H3,(H,37,40)/t22-,24+/m1/s1. The molecule has 0 spiro atoms. The molecule has 1 amide bonds. The third-order valence-electron chi connectivity index (χ3n) is 7.01. The fourth-order valence-corrected chi connectivity index (χ4v) is 5.98. The summed E-state index contributed by atoms with van der Waals surface area (Å²) in [7, 11) is 0. The molecule has 0 unspecified atom stereocenters. The first-order valence-corrected chi connectivity index (χ1v) is 14.7. The van der Waals surface area contributed by atoms with Gasteiger partial charge in [0.1, 0.15) is 23.0 Å². The van der Waals surface area contributed by atoms with Crippen LogP contribution in [0.1, 0.15) is 37.6 Å². The van der Waals surface area contributed by atoms with Gasteiger partial charge >= 0.3 is 6.09 Å². The zero-order valence-electron chi connectivity index (χ0n) is 23.9. The Morgan fingerprint density at radius 2 is 1.84 bits per heavy atom. The molecule has 2 aromatic carbocycles. The van der Waals surface area contributed by atoms with Crippen molar-refractivity contribution in [2.75, 3.05) is 11.9 Å². The lowest BCUT2D eigenvalue weighted by Crippen LogP contribution is -2.45. The van der Waals surface area contributed by atoms with E-state index in [9.17, 15) is 13.6 Å². The molecule has 10 nitrogen and oxygen atoms in total. The number of hydrogen-bond acceptors (Lipinski definition) is 10. The topological polar surface area (TPSA) is 121 Å². The van der Waals surface area contributed by atoms with Crippen LogP contribution in [0.3, 0.4) is 0 Å². The van der Waals surface area contributed by atoms with Crippen LogP contribution in [0.5, 0.6) is 11.6 Å². The SMILES string of the molecule is CCOc1cnc2c(-c3nc4cc(F)c(O[C@H]5CC(F)(F)CC[C@H]5OC(=O)Nc5cnc(C)nc5)cc4s3)cc(C)cc2n1. The minimum Gasteiger partial charge on any atom is -0.483 e. The molecule has 1 aliphatic rings. The van der Waals surface area contributed by atoms with Crippen LogP contribution in [0, 0.1) is 19.7 Å². The van der Waals surface area contributed by atoms with Gasteiger partial charge in [-0.3, -0.25) is 5.32 Å². The summed E-state index contributed by atoms with van der Waals surface area (Å²) in [5.41, 5.74) is 3.51. The maximum Gasteiger partial charge on any atom is 0.412 e. The molecule has 1 aliphatic carbocycles. The number of carbonyl (C=O) groups excluding carboxylic acids is 1. The molecule has 5 aromatic rings. The second-order valence-electron chi connectivity index (χ2n) is 10.4. The fraction of sp³-hybridized carbons (Fsp3) is 0.333. The van der Waals surface area contributed by atoms with Gasteiger partial charge in [0, 0.05) is 24.1 Å². The lowest BCUT2D eigenvalue weighted by molar-refractivity contribution is -0.114.